The molecule has 7 nitrogen and oxygen atoms in total. The Bertz CT molecular complexity index is 963. The van der Waals surface area contributed by atoms with Crippen LogP contribution in [0.25, 0.3) is 4.96 Å². The molecule has 0 unspecified atom stereocenters. The first-order valence-corrected chi connectivity index (χ1v) is 7.72. The number of nitrogens with zero attached hydrogens (tertiary/aromatic N) is 2. The van der Waals surface area contributed by atoms with Gasteiger partial charge in [-0.25, -0.2) is 4.98 Å². The summed E-state index contributed by atoms with van der Waals surface area (Å²) >= 11 is 1.34. The first-order chi connectivity index (χ1) is 11.2. The lowest BCUT2D eigenvalue weighted by molar-refractivity contribution is 0.0949. The third-order valence-electron chi connectivity index (χ3n) is 3.48. The summed E-state index contributed by atoms with van der Waals surface area (Å²) < 4.78 is 11.9. The van der Waals surface area contributed by atoms with E-state index in [0.29, 0.717) is 16.5 Å². The SMILES string of the molecule is O=C(NCc1ccc2c(c1)OCO2)c1cnc2sccn2c1=O. The number of nitrogens with one attached hydrogen (secondary N) is 1. The quantitative estimate of drug-likeness (QED) is 0.786. The summed E-state index contributed by atoms with van der Waals surface area (Å²) in [6.45, 7) is 0.482. The number of rotatable bonds is 3. The van der Waals surface area contributed by atoms with E-state index >= 15 is 0 Å². The Balaban J connectivity index is 1.53. The van der Waals surface area contributed by atoms with Gasteiger partial charge in [-0.2, -0.15) is 0 Å². The molecule has 1 aromatic carbocycles. The van der Waals surface area contributed by atoms with Crippen molar-refractivity contribution in [1.29, 1.82) is 0 Å². The Morgan fingerprint density at radius 3 is 3.13 bits per heavy atom. The molecule has 2 aromatic heterocycles. The topological polar surface area (TPSA) is 81.9 Å². The Morgan fingerprint density at radius 1 is 1.35 bits per heavy atom. The van der Waals surface area contributed by atoms with Crippen molar-refractivity contribution in [1.82, 2.24) is 14.7 Å². The van der Waals surface area contributed by atoms with E-state index in [4.69, 9.17) is 9.47 Å². The normalized spacial score (nSPS) is 12.5. The van der Waals surface area contributed by atoms with E-state index in [9.17, 15) is 9.59 Å². The maximum atomic E-state index is 12.2. The Labute approximate surface area is 134 Å². The highest BCUT2D eigenvalue weighted by molar-refractivity contribution is 7.15. The second-order valence-corrected chi connectivity index (χ2v) is 5.78. The summed E-state index contributed by atoms with van der Waals surface area (Å²) in [6.07, 6.45) is 2.91. The molecule has 0 saturated carbocycles. The van der Waals surface area contributed by atoms with Gasteiger partial charge in [0.15, 0.2) is 16.5 Å². The number of hydrogen-bond acceptors (Lipinski definition) is 6. The fourth-order valence-electron chi connectivity index (χ4n) is 2.31. The van der Waals surface area contributed by atoms with Crippen molar-refractivity contribution in [3.8, 4) is 11.5 Å². The second kappa shape index (κ2) is 5.40. The molecule has 23 heavy (non-hydrogen) atoms. The van der Waals surface area contributed by atoms with Gasteiger partial charge in [0.1, 0.15) is 5.56 Å². The van der Waals surface area contributed by atoms with Crippen molar-refractivity contribution in [2.75, 3.05) is 6.79 Å². The van der Waals surface area contributed by atoms with Crippen molar-refractivity contribution < 1.29 is 14.3 Å². The Hall–Kier alpha value is -2.87. The molecule has 1 aliphatic rings. The van der Waals surface area contributed by atoms with Crippen LogP contribution in [-0.2, 0) is 6.54 Å². The van der Waals surface area contributed by atoms with E-state index in [1.165, 1.54) is 21.9 Å². The van der Waals surface area contributed by atoms with Gasteiger partial charge in [0, 0.05) is 24.3 Å². The molecule has 3 heterocycles. The van der Waals surface area contributed by atoms with Crippen LogP contribution in [0.4, 0.5) is 0 Å². The molecule has 0 fully saturated rings. The highest BCUT2D eigenvalue weighted by Gasteiger charge is 2.15. The van der Waals surface area contributed by atoms with Crippen LogP contribution in [0.1, 0.15) is 15.9 Å². The molecule has 0 spiro atoms. The lowest BCUT2D eigenvalue weighted by Crippen LogP contribution is -2.30. The monoisotopic (exact) mass is 329 g/mol. The number of aromatic nitrogens is 2. The van der Waals surface area contributed by atoms with Gasteiger partial charge in [0.25, 0.3) is 11.5 Å². The summed E-state index contributed by atoms with van der Waals surface area (Å²) in [6, 6.07) is 5.43. The molecule has 0 bridgehead atoms. The first kappa shape index (κ1) is 13.8. The number of ether oxygens (including phenoxy) is 2. The van der Waals surface area contributed by atoms with Gasteiger partial charge >= 0.3 is 0 Å². The fourth-order valence-corrected chi connectivity index (χ4v) is 2.98. The average molecular weight is 329 g/mol. The number of hydrogen-bond donors (Lipinski definition) is 1. The van der Waals surface area contributed by atoms with E-state index in [0.717, 1.165) is 5.56 Å². The molecular formula is C15H11N3O4S. The number of thiazole rings is 1. The maximum absolute atomic E-state index is 12.2. The van der Waals surface area contributed by atoms with E-state index in [-0.39, 0.29) is 24.5 Å². The molecule has 0 saturated heterocycles. The summed E-state index contributed by atoms with van der Waals surface area (Å²) in [7, 11) is 0. The Morgan fingerprint density at radius 2 is 2.22 bits per heavy atom. The van der Waals surface area contributed by atoms with Gasteiger partial charge < -0.3 is 14.8 Å². The van der Waals surface area contributed by atoms with E-state index in [2.05, 4.69) is 10.3 Å². The van der Waals surface area contributed by atoms with E-state index in [1.54, 1.807) is 23.7 Å². The van der Waals surface area contributed by atoms with Crippen LogP contribution >= 0.6 is 11.3 Å². The molecule has 0 radical (unpaired) electrons. The van der Waals surface area contributed by atoms with Crippen LogP contribution < -0.4 is 20.3 Å². The zero-order valence-electron chi connectivity index (χ0n) is 11.8. The minimum absolute atomic E-state index is 0.0154. The minimum Gasteiger partial charge on any atom is -0.454 e. The first-order valence-electron chi connectivity index (χ1n) is 6.84. The predicted molar refractivity (Wildman–Crippen MR) is 83.1 cm³/mol. The molecule has 4 rings (SSSR count). The highest BCUT2D eigenvalue weighted by Crippen LogP contribution is 2.32. The number of carbonyl (C=O) groups is 1. The van der Waals surface area contributed by atoms with Crippen molar-refractivity contribution in [2.45, 2.75) is 6.54 Å². The van der Waals surface area contributed by atoms with Gasteiger partial charge in [-0.1, -0.05) is 6.07 Å². The largest absolute Gasteiger partial charge is 0.454 e. The minimum atomic E-state index is -0.458. The molecule has 1 N–H and O–H groups in total. The van der Waals surface area contributed by atoms with Crippen LogP contribution in [0.5, 0.6) is 11.5 Å². The lowest BCUT2D eigenvalue weighted by Gasteiger charge is -2.06. The van der Waals surface area contributed by atoms with Gasteiger partial charge in [-0.05, 0) is 17.7 Å². The van der Waals surface area contributed by atoms with E-state index in [1.807, 2.05) is 6.07 Å². The summed E-state index contributed by atoms with van der Waals surface area (Å²) in [4.78, 5) is 29.1. The third-order valence-corrected chi connectivity index (χ3v) is 4.25. The van der Waals surface area contributed by atoms with Crippen molar-refractivity contribution >= 4 is 22.2 Å². The molecular weight excluding hydrogens is 318 g/mol. The maximum Gasteiger partial charge on any atom is 0.271 e. The van der Waals surface area contributed by atoms with Crippen LogP contribution in [0.3, 0.4) is 0 Å². The summed E-state index contributed by atoms with van der Waals surface area (Å²) in [5.74, 6) is 0.879. The van der Waals surface area contributed by atoms with E-state index < -0.39 is 5.91 Å². The van der Waals surface area contributed by atoms with Crippen LogP contribution in [0.2, 0.25) is 0 Å². The summed E-state index contributed by atoms with van der Waals surface area (Å²) in [5.41, 5.74) is 0.494. The number of carbonyl (C=O) groups excluding carboxylic acids is 1. The lowest BCUT2D eigenvalue weighted by atomic mass is 10.2. The molecule has 0 aliphatic carbocycles. The van der Waals surface area contributed by atoms with Gasteiger partial charge in [-0.3, -0.25) is 14.0 Å². The summed E-state index contributed by atoms with van der Waals surface area (Å²) in [5, 5.41) is 4.47. The van der Waals surface area contributed by atoms with Gasteiger partial charge in [0.2, 0.25) is 6.79 Å². The average Bonchev–Trinajstić information content (AvgIpc) is 3.21. The second-order valence-electron chi connectivity index (χ2n) is 4.90. The molecule has 1 amide bonds. The Kier molecular flexibility index (Phi) is 3.23. The van der Waals surface area contributed by atoms with Gasteiger partial charge in [0.05, 0.1) is 0 Å². The number of fused-ring (bicyclic) bond motifs is 2. The zero-order chi connectivity index (χ0) is 15.8. The van der Waals surface area contributed by atoms with Crippen molar-refractivity contribution in [3.63, 3.8) is 0 Å². The molecule has 8 heteroatoms. The van der Waals surface area contributed by atoms with Crippen LogP contribution in [0, 0.1) is 0 Å². The molecule has 1 aliphatic heterocycles. The zero-order valence-corrected chi connectivity index (χ0v) is 12.6. The number of amides is 1. The van der Waals surface area contributed by atoms with Crippen molar-refractivity contribution in [3.05, 3.63) is 57.5 Å². The molecule has 0 atom stereocenters. The van der Waals surface area contributed by atoms with Crippen molar-refractivity contribution in [2.24, 2.45) is 0 Å². The smallest absolute Gasteiger partial charge is 0.271 e. The predicted octanol–water partition coefficient (Wildman–Crippen LogP) is 1.41. The standard InChI is InChI=1S/C15H11N3O4S/c19-13(10-7-17-15-18(14(10)20)3-4-23-15)16-6-9-1-2-11-12(5-9)22-8-21-11/h1-5,7H,6,8H2,(H,16,19). The van der Waals surface area contributed by atoms with Crippen LogP contribution in [-0.4, -0.2) is 22.1 Å². The third kappa shape index (κ3) is 2.42. The molecule has 116 valence electrons. The fraction of sp³-hybridized carbons (Fsp3) is 0.133. The van der Waals surface area contributed by atoms with Gasteiger partial charge in [-0.15, -0.1) is 11.3 Å². The highest BCUT2D eigenvalue weighted by atomic mass is 32.1. The van der Waals surface area contributed by atoms with Crippen LogP contribution in [0.15, 0.2) is 40.8 Å². The number of benzene rings is 1. The molecule has 3 aromatic rings.